The van der Waals surface area contributed by atoms with Crippen molar-refractivity contribution in [3.63, 3.8) is 0 Å². The Morgan fingerprint density at radius 3 is 2.35 bits per heavy atom. The SMILES string of the molecule is NC(=O)COc1c(Br)cc(Br)cc1/C=C1/C(=O)NC(=O)N(c2ccc(OCc3ccccc3)cc2)C1=O. The summed E-state index contributed by atoms with van der Waals surface area (Å²) < 4.78 is 12.3. The van der Waals surface area contributed by atoms with E-state index in [-0.39, 0.29) is 17.0 Å². The molecule has 9 nitrogen and oxygen atoms in total. The Hall–Kier alpha value is -3.96. The highest BCUT2D eigenvalue weighted by Gasteiger charge is 2.37. The summed E-state index contributed by atoms with van der Waals surface area (Å²) in [5.74, 6) is -1.67. The highest BCUT2D eigenvalue weighted by molar-refractivity contribution is 9.11. The molecule has 188 valence electrons. The summed E-state index contributed by atoms with van der Waals surface area (Å²) in [6.45, 7) is -0.0626. The van der Waals surface area contributed by atoms with Gasteiger partial charge >= 0.3 is 6.03 Å². The van der Waals surface area contributed by atoms with Gasteiger partial charge in [0, 0.05) is 10.0 Å². The van der Waals surface area contributed by atoms with E-state index in [2.05, 4.69) is 37.2 Å². The summed E-state index contributed by atoms with van der Waals surface area (Å²) in [4.78, 5) is 50.6. The zero-order chi connectivity index (χ0) is 26.5. The number of hydrogen-bond acceptors (Lipinski definition) is 6. The topological polar surface area (TPSA) is 128 Å². The largest absolute Gasteiger partial charge is 0.489 e. The van der Waals surface area contributed by atoms with Crippen LogP contribution in [0.2, 0.25) is 0 Å². The molecule has 3 aromatic carbocycles. The summed E-state index contributed by atoms with van der Waals surface area (Å²) in [5.41, 5.74) is 6.41. The number of urea groups is 1. The van der Waals surface area contributed by atoms with Crippen LogP contribution < -0.4 is 25.4 Å². The molecule has 11 heteroatoms. The number of carbonyl (C=O) groups excluding carboxylic acids is 4. The maximum atomic E-state index is 13.3. The number of nitrogens with zero attached hydrogens (tertiary/aromatic N) is 1. The number of nitrogens with two attached hydrogens (primary N) is 1. The molecule has 0 unspecified atom stereocenters. The van der Waals surface area contributed by atoms with Gasteiger partial charge in [-0.3, -0.25) is 19.7 Å². The number of nitrogens with one attached hydrogen (secondary N) is 1. The van der Waals surface area contributed by atoms with E-state index in [0.29, 0.717) is 26.9 Å². The van der Waals surface area contributed by atoms with E-state index in [9.17, 15) is 19.2 Å². The van der Waals surface area contributed by atoms with Gasteiger partial charge in [0.1, 0.15) is 23.7 Å². The third-order valence-corrected chi connectivity index (χ3v) is 6.19. The lowest BCUT2D eigenvalue weighted by molar-refractivity contribution is -0.123. The van der Waals surface area contributed by atoms with Crippen LogP contribution in [0.15, 0.2) is 81.2 Å². The van der Waals surface area contributed by atoms with Gasteiger partial charge in [-0.15, -0.1) is 0 Å². The van der Waals surface area contributed by atoms with Crippen molar-refractivity contribution >= 4 is 67.4 Å². The van der Waals surface area contributed by atoms with Crippen molar-refractivity contribution in [1.82, 2.24) is 5.32 Å². The first-order valence-electron chi connectivity index (χ1n) is 10.8. The third kappa shape index (κ3) is 6.25. The van der Waals surface area contributed by atoms with Gasteiger partial charge in [-0.1, -0.05) is 46.3 Å². The maximum absolute atomic E-state index is 13.3. The van der Waals surface area contributed by atoms with Gasteiger partial charge in [0.2, 0.25) is 0 Å². The molecule has 3 N–H and O–H groups in total. The second-order valence-electron chi connectivity index (χ2n) is 7.79. The van der Waals surface area contributed by atoms with E-state index in [1.165, 1.54) is 6.08 Å². The van der Waals surface area contributed by atoms with E-state index in [1.807, 2.05) is 30.3 Å². The van der Waals surface area contributed by atoms with Crippen LogP contribution in [-0.2, 0) is 21.0 Å². The number of rotatable bonds is 8. The van der Waals surface area contributed by atoms with Crippen molar-refractivity contribution in [2.75, 3.05) is 11.5 Å². The number of halogens is 2. The molecule has 1 saturated heterocycles. The molecule has 1 fully saturated rings. The zero-order valence-electron chi connectivity index (χ0n) is 19.1. The van der Waals surface area contributed by atoms with Gasteiger partial charge in [0.25, 0.3) is 17.7 Å². The van der Waals surface area contributed by atoms with E-state index in [0.717, 1.165) is 10.5 Å². The first-order valence-corrected chi connectivity index (χ1v) is 12.4. The van der Waals surface area contributed by atoms with Gasteiger partial charge < -0.3 is 15.2 Å². The molecule has 0 bridgehead atoms. The van der Waals surface area contributed by atoms with Gasteiger partial charge in [-0.2, -0.15) is 0 Å². The Bertz CT molecular complexity index is 1410. The molecule has 1 aliphatic rings. The second-order valence-corrected chi connectivity index (χ2v) is 9.56. The number of anilines is 1. The normalized spacial score (nSPS) is 14.5. The number of barbiturate groups is 1. The summed E-state index contributed by atoms with van der Waals surface area (Å²) in [7, 11) is 0. The lowest BCUT2D eigenvalue weighted by atomic mass is 10.1. The van der Waals surface area contributed by atoms with Crippen molar-refractivity contribution in [1.29, 1.82) is 0 Å². The fraction of sp³-hybridized carbons (Fsp3) is 0.0769. The second kappa shape index (κ2) is 11.4. The molecule has 5 amide bonds. The van der Waals surface area contributed by atoms with E-state index >= 15 is 0 Å². The fourth-order valence-corrected chi connectivity index (χ4v) is 4.84. The molecular weight excluding hydrogens is 610 g/mol. The van der Waals surface area contributed by atoms with Crippen molar-refractivity contribution in [3.05, 3.63) is 92.4 Å². The quantitative estimate of drug-likeness (QED) is 0.282. The van der Waals surface area contributed by atoms with Gasteiger partial charge in [-0.25, -0.2) is 9.69 Å². The van der Waals surface area contributed by atoms with Crippen molar-refractivity contribution in [2.45, 2.75) is 6.61 Å². The highest BCUT2D eigenvalue weighted by Crippen LogP contribution is 2.35. The Balaban J connectivity index is 1.60. The standard InChI is InChI=1S/C26H19Br2N3O6/c27-17-10-16(23(21(28)12-17)37-14-22(29)32)11-20-24(33)30-26(35)31(25(20)34)18-6-8-19(9-7-18)36-13-15-4-2-1-3-5-15/h1-12H,13-14H2,(H2,29,32)(H,30,33,35)/b20-11-. The van der Waals surface area contributed by atoms with Crippen LogP contribution in [0.5, 0.6) is 11.5 Å². The molecular formula is C26H19Br2N3O6. The van der Waals surface area contributed by atoms with Crippen molar-refractivity contribution in [3.8, 4) is 11.5 Å². The van der Waals surface area contributed by atoms with E-state index in [4.69, 9.17) is 15.2 Å². The smallest absolute Gasteiger partial charge is 0.335 e. The summed E-state index contributed by atoms with van der Waals surface area (Å²) >= 11 is 6.68. The van der Waals surface area contributed by atoms with Crippen LogP contribution in [0.1, 0.15) is 11.1 Å². The van der Waals surface area contributed by atoms with E-state index < -0.39 is 30.4 Å². The number of ether oxygens (including phenoxy) is 2. The Morgan fingerprint density at radius 1 is 0.973 bits per heavy atom. The average molecular weight is 629 g/mol. The maximum Gasteiger partial charge on any atom is 0.335 e. The van der Waals surface area contributed by atoms with Crippen LogP contribution in [-0.4, -0.2) is 30.4 Å². The van der Waals surface area contributed by atoms with Crippen LogP contribution in [0.3, 0.4) is 0 Å². The summed E-state index contributed by atoms with van der Waals surface area (Å²) in [6, 6.07) is 18.3. The summed E-state index contributed by atoms with van der Waals surface area (Å²) in [6.07, 6.45) is 1.28. The lowest BCUT2D eigenvalue weighted by Crippen LogP contribution is -2.54. The number of primary amides is 1. The molecule has 0 aliphatic carbocycles. The first-order chi connectivity index (χ1) is 17.7. The van der Waals surface area contributed by atoms with Crippen LogP contribution in [0.25, 0.3) is 6.08 Å². The molecule has 3 aromatic rings. The molecule has 0 saturated carbocycles. The van der Waals surface area contributed by atoms with Crippen LogP contribution in [0.4, 0.5) is 10.5 Å². The number of amides is 5. The van der Waals surface area contributed by atoms with Crippen molar-refractivity contribution < 1.29 is 28.7 Å². The molecule has 0 radical (unpaired) electrons. The predicted octanol–water partition coefficient (Wildman–Crippen LogP) is 4.32. The Kier molecular flexibility index (Phi) is 8.04. The minimum absolute atomic E-state index is 0.193. The predicted molar refractivity (Wildman–Crippen MR) is 143 cm³/mol. The zero-order valence-corrected chi connectivity index (χ0v) is 22.2. The number of benzene rings is 3. The van der Waals surface area contributed by atoms with Gasteiger partial charge in [0.05, 0.1) is 10.2 Å². The average Bonchev–Trinajstić information content (AvgIpc) is 2.85. The third-order valence-electron chi connectivity index (χ3n) is 5.14. The molecule has 1 aliphatic heterocycles. The minimum atomic E-state index is -0.884. The van der Waals surface area contributed by atoms with E-state index in [1.54, 1.807) is 36.4 Å². The molecule has 0 aromatic heterocycles. The van der Waals surface area contributed by atoms with Crippen molar-refractivity contribution in [2.24, 2.45) is 5.73 Å². The molecule has 0 atom stereocenters. The van der Waals surface area contributed by atoms with Crippen LogP contribution in [0, 0.1) is 0 Å². The number of carbonyl (C=O) groups is 4. The fourth-order valence-electron chi connectivity index (χ4n) is 3.46. The molecule has 37 heavy (non-hydrogen) atoms. The Morgan fingerprint density at radius 2 is 1.68 bits per heavy atom. The number of hydrogen-bond donors (Lipinski definition) is 2. The Labute approximate surface area is 228 Å². The van der Waals surface area contributed by atoms with Gasteiger partial charge in [0.15, 0.2) is 6.61 Å². The molecule has 4 rings (SSSR count). The van der Waals surface area contributed by atoms with Gasteiger partial charge in [-0.05, 0) is 64.0 Å². The molecule has 1 heterocycles. The minimum Gasteiger partial charge on any atom is -0.489 e. The summed E-state index contributed by atoms with van der Waals surface area (Å²) in [5, 5.41) is 2.18. The first kappa shape index (κ1) is 26.1. The highest BCUT2D eigenvalue weighted by atomic mass is 79.9. The monoisotopic (exact) mass is 627 g/mol. The molecule has 0 spiro atoms. The number of imide groups is 2. The lowest BCUT2D eigenvalue weighted by Gasteiger charge is -2.26. The van der Waals surface area contributed by atoms with Crippen LogP contribution >= 0.6 is 31.9 Å².